The van der Waals surface area contributed by atoms with Crippen molar-refractivity contribution in [3.05, 3.63) is 47.8 Å². The number of rotatable bonds is 5. The Kier molecular flexibility index (Phi) is 7.20. The molecule has 2 amide bonds. The molecule has 8 nitrogen and oxygen atoms in total. The Labute approximate surface area is 235 Å². The lowest BCUT2D eigenvalue weighted by Gasteiger charge is -2.43. The first-order valence-electron chi connectivity index (χ1n) is 13.2. The first-order chi connectivity index (χ1) is 19.0. The summed E-state index contributed by atoms with van der Waals surface area (Å²) in [4.78, 5) is 33.9. The van der Waals surface area contributed by atoms with E-state index in [1.807, 2.05) is 18.7 Å². The Morgan fingerprint density at radius 1 is 1.18 bits per heavy atom. The number of thiocarbonyl (C=S) groups is 1. The van der Waals surface area contributed by atoms with Gasteiger partial charge >= 0.3 is 6.18 Å². The number of carbonyl (C=O) groups excluding carboxylic acids is 2. The molecule has 1 aromatic heterocycles. The number of alkyl halides is 3. The number of benzene rings is 1. The number of piperidine rings is 1. The molecule has 0 unspecified atom stereocenters. The number of pyridine rings is 1. The van der Waals surface area contributed by atoms with Crippen molar-refractivity contribution in [1.29, 1.82) is 5.26 Å². The molecule has 1 saturated carbocycles. The Morgan fingerprint density at radius 3 is 2.35 bits per heavy atom. The van der Waals surface area contributed by atoms with E-state index in [1.165, 1.54) is 6.07 Å². The van der Waals surface area contributed by atoms with Crippen LogP contribution in [-0.2, 0) is 15.8 Å². The molecule has 12 heteroatoms. The number of halogens is 3. The molecule has 0 bridgehead atoms. The van der Waals surface area contributed by atoms with Crippen LogP contribution in [0.3, 0.4) is 0 Å². The van der Waals surface area contributed by atoms with Gasteiger partial charge in [0.2, 0.25) is 5.91 Å². The molecule has 2 saturated heterocycles. The molecule has 40 heavy (non-hydrogen) atoms. The minimum atomic E-state index is -4.91. The highest BCUT2D eigenvalue weighted by atomic mass is 32.1. The quantitative estimate of drug-likeness (QED) is 0.464. The fourth-order valence-electron chi connectivity index (χ4n) is 5.62. The van der Waals surface area contributed by atoms with Gasteiger partial charge in [-0.2, -0.15) is 18.4 Å². The van der Waals surface area contributed by atoms with Gasteiger partial charge in [-0.15, -0.1) is 0 Å². The van der Waals surface area contributed by atoms with Gasteiger partial charge in [-0.1, -0.05) is 13.8 Å². The molecule has 210 valence electrons. The Bertz CT molecular complexity index is 1380. The number of aromatic nitrogens is 1. The summed E-state index contributed by atoms with van der Waals surface area (Å²) in [5.74, 6) is 0.152. The SMILES string of the molecule is CC(C)C(=O)N1CCC(Oc2ccc(N3C(=S)N(c4ccnc(C#N)c4C(F)(F)F)C(=O)C34CCC4)cc2)CC1. The fraction of sp³-hybridized carbons (Fsp3) is 0.464. The van der Waals surface area contributed by atoms with Crippen LogP contribution in [0.2, 0.25) is 0 Å². The van der Waals surface area contributed by atoms with Crippen molar-refractivity contribution >= 4 is 40.5 Å². The number of amides is 2. The van der Waals surface area contributed by atoms with E-state index in [0.717, 1.165) is 23.6 Å². The molecule has 3 fully saturated rings. The third kappa shape index (κ3) is 4.66. The minimum absolute atomic E-state index is 0.0459. The zero-order valence-corrected chi connectivity index (χ0v) is 22.9. The van der Waals surface area contributed by atoms with Crippen LogP contribution in [0.5, 0.6) is 5.75 Å². The molecular weight excluding hydrogens is 543 g/mol. The van der Waals surface area contributed by atoms with Crippen LogP contribution in [-0.4, -0.2) is 51.5 Å². The van der Waals surface area contributed by atoms with Gasteiger partial charge in [0.15, 0.2) is 10.8 Å². The molecule has 2 aliphatic heterocycles. The van der Waals surface area contributed by atoms with E-state index in [4.69, 9.17) is 17.0 Å². The highest BCUT2D eigenvalue weighted by Crippen LogP contribution is 2.50. The topological polar surface area (TPSA) is 89.8 Å². The van der Waals surface area contributed by atoms with Crippen molar-refractivity contribution in [2.45, 2.75) is 63.8 Å². The van der Waals surface area contributed by atoms with E-state index in [9.17, 15) is 28.0 Å². The first kappa shape index (κ1) is 27.8. The molecular formula is C28H28F3N5O3S. The molecule has 1 spiro atoms. The average Bonchev–Trinajstić information content (AvgIpc) is 3.14. The molecule has 1 aromatic carbocycles. The number of nitrogens with zero attached hydrogens (tertiary/aromatic N) is 5. The highest BCUT2D eigenvalue weighted by Gasteiger charge is 2.60. The third-order valence-corrected chi connectivity index (χ3v) is 8.16. The van der Waals surface area contributed by atoms with Crippen LogP contribution in [0.25, 0.3) is 0 Å². The van der Waals surface area contributed by atoms with E-state index >= 15 is 0 Å². The van der Waals surface area contributed by atoms with E-state index in [-0.39, 0.29) is 23.0 Å². The van der Waals surface area contributed by atoms with Crippen molar-refractivity contribution in [3.63, 3.8) is 0 Å². The van der Waals surface area contributed by atoms with E-state index in [2.05, 4.69) is 4.98 Å². The van der Waals surface area contributed by atoms with Gasteiger partial charge in [0.25, 0.3) is 5.91 Å². The number of anilines is 2. The van der Waals surface area contributed by atoms with Crippen molar-refractivity contribution in [1.82, 2.24) is 9.88 Å². The van der Waals surface area contributed by atoms with Crippen molar-refractivity contribution in [2.24, 2.45) is 5.92 Å². The monoisotopic (exact) mass is 571 g/mol. The lowest BCUT2D eigenvalue weighted by atomic mass is 9.75. The van der Waals surface area contributed by atoms with Gasteiger partial charge in [-0.25, -0.2) is 4.98 Å². The number of hydrogen-bond acceptors (Lipinski definition) is 6. The van der Waals surface area contributed by atoms with Gasteiger partial charge in [0, 0.05) is 43.7 Å². The number of nitriles is 1. The fourth-order valence-corrected chi connectivity index (χ4v) is 6.08. The molecule has 2 aromatic rings. The zero-order chi connectivity index (χ0) is 28.8. The molecule has 5 rings (SSSR count). The molecule has 3 aliphatic rings. The summed E-state index contributed by atoms with van der Waals surface area (Å²) in [5, 5.41) is 9.20. The van der Waals surface area contributed by atoms with Gasteiger partial charge in [-0.3, -0.25) is 14.5 Å². The Balaban J connectivity index is 1.38. The molecule has 0 atom stereocenters. The average molecular weight is 572 g/mol. The number of likely N-dealkylation sites (tertiary alicyclic amines) is 1. The molecule has 3 heterocycles. The van der Waals surface area contributed by atoms with Gasteiger partial charge in [-0.05, 0) is 61.8 Å². The summed E-state index contributed by atoms with van der Waals surface area (Å²) in [5.41, 5.74) is -3.12. The Morgan fingerprint density at radius 2 is 1.82 bits per heavy atom. The standard InChI is InChI=1S/C28H28F3N5O3S/c1-17(2)24(37)34-14-9-20(10-15-34)39-19-6-4-18(5-7-19)36-26(40)35(25(38)27(36)11-3-12-27)22-8-13-33-21(16-32)23(22)28(29,30)31/h4-8,13,17,20H,3,9-12,14-15H2,1-2H3. The third-order valence-electron chi connectivity index (χ3n) is 7.80. The second-order valence-electron chi connectivity index (χ2n) is 10.6. The second kappa shape index (κ2) is 10.4. The second-order valence-corrected chi connectivity index (χ2v) is 11.0. The summed E-state index contributed by atoms with van der Waals surface area (Å²) in [6.07, 6.45) is -0.872. The predicted octanol–water partition coefficient (Wildman–Crippen LogP) is 5.06. The van der Waals surface area contributed by atoms with E-state index < -0.39 is 34.6 Å². The van der Waals surface area contributed by atoms with Crippen LogP contribution < -0.4 is 14.5 Å². The molecule has 0 radical (unpaired) electrons. The minimum Gasteiger partial charge on any atom is -0.490 e. The van der Waals surface area contributed by atoms with Crippen molar-refractivity contribution in [3.8, 4) is 11.8 Å². The summed E-state index contributed by atoms with van der Waals surface area (Å²) in [6, 6.07) is 9.55. The summed E-state index contributed by atoms with van der Waals surface area (Å²) in [6.45, 7) is 5.03. The number of hydrogen-bond donors (Lipinski definition) is 0. The summed E-state index contributed by atoms with van der Waals surface area (Å²) < 4.78 is 48.2. The number of ether oxygens (including phenoxy) is 1. The zero-order valence-electron chi connectivity index (χ0n) is 22.1. The smallest absolute Gasteiger partial charge is 0.421 e. The predicted molar refractivity (Wildman–Crippen MR) is 145 cm³/mol. The van der Waals surface area contributed by atoms with Gasteiger partial charge in [0.1, 0.15) is 29.0 Å². The van der Waals surface area contributed by atoms with E-state index in [1.54, 1.807) is 29.2 Å². The van der Waals surface area contributed by atoms with Gasteiger partial charge in [0.05, 0.1) is 5.69 Å². The van der Waals surface area contributed by atoms with Crippen molar-refractivity contribution in [2.75, 3.05) is 22.9 Å². The lowest BCUT2D eigenvalue weighted by molar-refractivity contribution is -0.138. The lowest BCUT2D eigenvalue weighted by Crippen LogP contribution is -2.55. The highest BCUT2D eigenvalue weighted by molar-refractivity contribution is 7.81. The summed E-state index contributed by atoms with van der Waals surface area (Å²) in [7, 11) is 0. The van der Waals surface area contributed by atoms with Gasteiger partial charge < -0.3 is 14.5 Å². The van der Waals surface area contributed by atoms with Crippen LogP contribution >= 0.6 is 12.2 Å². The maximum absolute atomic E-state index is 14.0. The van der Waals surface area contributed by atoms with E-state index in [0.29, 0.717) is 50.2 Å². The van der Waals surface area contributed by atoms with Crippen LogP contribution in [0.15, 0.2) is 36.5 Å². The normalized spacial score (nSPS) is 19.3. The summed E-state index contributed by atoms with van der Waals surface area (Å²) >= 11 is 5.62. The molecule has 0 N–H and O–H groups in total. The van der Waals surface area contributed by atoms with Crippen LogP contribution in [0, 0.1) is 17.2 Å². The number of carbonyl (C=O) groups is 2. The van der Waals surface area contributed by atoms with Crippen LogP contribution in [0.4, 0.5) is 24.5 Å². The largest absolute Gasteiger partial charge is 0.490 e. The van der Waals surface area contributed by atoms with Crippen molar-refractivity contribution < 1.29 is 27.5 Å². The maximum atomic E-state index is 14.0. The van der Waals surface area contributed by atoms with Crippen LogP contribution in [0.1, 0.15) is 57.2 Å². The first-order valence-corrected chi connectivity index (χ1v) is 13.6. The maximum Gasteiger partial charge on any atom is 0.421 e. The Hall–Kier alpha value is -3.72. The molecule has 1 aliphatic carbocycles.